The highest BCUT2D eigenvalue weighted by molar-refractivity contribution is 6.67. The van der Waals surface area contributed by atoms with E-state index in [2.05, 4.69) is 0 Å². The van der Waals surface area contributed by atoms with E-state index in [1.165, 1.54) is 7.05 Å². The Morgan fingerprint density at radius 1 is 1.50 bits per heavy atom. The second-order valence-electron chi connectivity index (χ2n) is 1.74. The van der Waals surface area contributed by atoms with Crippen LogP contribution in [0.4, 0.5) is 4.79 Å². The monoisotopic (exact) mass is 204 g/mol. The molecule has 3 nitrogen and oxygen atoms in total. The molecule has 0 aliphatic heterocycles. The summed E-state index contributed by atoms with van der Waals surface area (Å²) in [5.74, 6) is 0. The summed E-state index contributed by atoms with van der Waals surface area (Å²) in [4.78, 5) is 10.8. The van der Waals surface area contributed by atoms with E-state index in [0.29, 0.717) is 0 Å². The van der Waals surface area contributed by atoms with Crippen molar-refractivity contribution >= 4 is 40.9 Å². The van der Waals surface area contributed by atoms with Gasteiger partial charge in [-0.2, -0.15) is 0 Å². The van der Waals surface area contributed by atoms with Crippen molar-refractivity contribution in [2.75, 3.05) is 13.6 Å². The molecule has 0 fully saturated rings. The zero-order valence-electron chi connectivity index (χ0n) is 5.10. The standard InChI is InChI=1S/C4H5Cl3NO2/c1-8(3(9)10)2-4(5,6)7/h2H2,1H3. The molecule has 0 aliphatic rings. The number of hydrogen-bond donors (Lipinski definition) is 0. The van der Waals surface area contributed by atoms with Gasteiger partial charge >= 0.3 is 6.09 Å². The van der Waals surface area contributed by atoms with Crippen molar-refractivity contribution in [1.29, 1.82) is 0 Å². The van der Waals surface area contributed by atoms with Crippen molar-refractivity contribution in [2.45, 2.75) is 3.79 Å². The highest BCUT2D eigenvalue weighted by atomic mass is 35.6. The predicted molar refractivity (Wildman–Crippen MR) is 39.0 cm³/mol. The van der Waals surface area contributed by atoms with E-state index in [1.807, 2.05) is 0 Å². The molecule has 0 aromatic rings. The van der Waals surface area contributed by atoms with Gasteiger partial charge in [0.15, 0.2) is 0 Å². The third kappa shape index (κ3) is 4.97. The number of hydrogen-bond acceptors (Lipinski definition) is 1. The van der Waals surface area contributed by atoms with Gasteiger partial charge in [-0.3, -0.25) is 0 Å². The predicted octanol–water partition coefficient (Wildman–Crippen LogP) is 1.84. The maximum atomic E-state index is 10.0. The summed E-state index contributed by atoms with van der Waals surface area (Å²) in [6, 6.07) is 0. The average molecular weight is 205 g/mol. The van der Waals surface area contributed by atoms with Crippen LogP contribution in [0.5, 0.6) is 0 Å². The summed E-state index contributed by atoms with van der Waals surface area (Å²) >= 11 is 15.8. The van der Waals surface area contributed by atoms with Crippen LogP contribution in [0.1, 0.15) is 0 Å². The van der Waals surface area contributed by atoms with E-state index in [-0.39, 0.29) is 6.54 Å². The number of alkyl halides is 3. The summed E-state index contributed by atoms with van der Waals surface area (Å²) < 4.78 is -1.57. The molecule has 0 unspecified atom stereocenters. The smallest absolute Gasteiger partial charge is 0.304 e. The zero-order valence-corrected chi connectivity index (χ0v) is 7.37. The van der Waals surface area contributed by atoms with Crippen molar-refractivity contribution < 1.29 is 9.90 Å². The van der Waals surface area contributed by atoms with Crippen LogP contribution >= 0.6 is 34.8 Å². The molecule has 0 heterocycles. The minimum Gasteiger partial charge on any atom is -0.304 e. The molecule has 1 radical (unpaired) electrons. The van der Waals surface area contributed by atoms with E-state index >= 15 is 0 Å². The van der Waals surface area contributed by atoms with E-state index in [0.717, 1.165) is 4.90 Å². The first-order chi connectivity index (χ1) is 4.33. The third-order valence-corrected chi connectivity index (χ3v) is 1.09. The van der Waals surface area contributed by atoms with E-state index in [4.69, 9.17) is 34.8 Å². The Hall–Kier alpha value is 0.140. The lowest BCUT2D eigenvalue weighted by molar-refractivity contribution is 0.130. The largest absolute Gasteiger partial charge is 0.453 e. The first-order valence-electron chi connectivity index (χ1n) is 2.32. The van der Waals surface area contributed by atoms with Gasteiger partial charge in [0.1, 0.15) is 0 Å². The molecule has 0 bridgehead atoms. The van der Waals surface area contributed by atoms with Crippen molar-refractivity contribution in [2.24, 2.45) is 0 Å². The molecule has 10 heavy (non-hydrogen) atoms. The summed E-state index contributed by atoms with van der Waals surface area (Å²) in [5, 5.41) is 10.0. The van der Waals surface area contributed by atoms with Crippen molar-refractivity contribution in [1.82, 2.24) is 4.90 Å². The summed E-state index contributed by atoms with van der Waals surface area (Å²) in [6.45, 7) is -0.194. The van der Waals surface area contributed by atoms with Gasteiger partial charge in [-0.05, 0) is 0 Å². The normalized spacial score (nSPS) is 11.2. The maximum Gasteiger partial charge on any atom is 0.453 e. The van der Waals surface area contributed by atoms with Gasteiger partial charge in [0.2, 0.25) is 3.79 Å². The van der Waals surface area contributed by atoms with Gasteiger partial charge in [-0.25, -0.2) is 9.90 Å². The number of rotatable bonds is 1. The van der Waals surface area contributed by atoms with Crippen LogP contribution in [0, 0.1) is 0 Å². The maximum absolute atomic E-state index is 10.0. The van der Waals surface area contributed by atoms with E-state index in [1.54, 1.807) is 0 Å². The molecule has 0 saturated carbocycles. The topological polar surface area (TPSA) is 40.2 Å². The van der Waals surface area contributed by atoms with Gasteiger partial charge in [0.05, 0.1) is 6.54 Å². The first-order valence-corrected chi connectivity index (χ1v) is 3.45. The van der Waals surface area contributed by atoms with E-state index < -0.39 is 9.89 Å². The highest BCUT2D eigenvalue weighted by Crippen LogP contribution is 2.26. The summed E-state index contributed by atoms with van der Waals surface area (Å²) in [7, 11) is 1.26. The van der Waals surface area contributed by atoms with Gasteiger partial charge in [-0.15, -0.1) is 0 Å². The highest BCUT2D eigenvalue weighted by Gasteiger charge is 2.24. The van der Waals surface area contributed by atoms with Crippen LogP contribution in [0.3, 0.4) is 0 Å². The minimum atomic E-state index is -1.57. The average Bonchev–Trinajstić information content (AvgIpc) is 1.60. The van der Waals surface area contributed by atoms with E-state index in [9.17, 15) is 9.90 Å². The van der Waals surface area contributed by atoms with Crippen LogP contribution in [0.15, 0.2) is 0 Å². The lowest BCUT2D eigenvalue weighted by atomic mass is 10.6. The fraction of sp³-hybridized carbons (Fsp3) is 0.750. The number of halogens is 3. The van der Waals surface area contributed by atoms with Crippen molar-refractivity contribution in [3.05, 3.63) is 0 Å². The van der Waals surface area contributed by atoms with Gasteiger partial charge in [-0.1, -0.05) is 34.8 Å². The fourth-order valence-electron chi connectivity index (χ4n) is 0.333. The number of carbonyl (C=O) groups is 1. The van der Waals surface area contributed by atoms with Crippen molar-refractivity contribution in [3.63, 3.8) is 0 Å². The summed E-state index contributed by atoms with van der Waals surface area (Å²) in [5.41, 5.74) is 0. The molecule has 59 valence electrons. The molecule has 0 spiro atoms. The number of amides is 1. The van der Waals surface area contributed by atoms with Crippen molar-refractivity contribution in [3.8, 4) is 0 Å². The van der Waals surface area contributed by atoms with Crippen LogP contribution in [-0.2, 0) is 5.11 Å². The molecule has 6 heteroatoms. The van der Waals surface area contributed by atoms with Gasteiger partial charge in [0, 0.05) is 7.05 Å². The minimum absolute atomic E-state index is 0.194. The lowest BCUT2D eigenvalue weighted by Gasteiger charge is -2.16. The Morgan fingerprint density at radius 3 is 2.00 bits per heavy atom. The zero-order chi connectivity index (χ0) is 8.36. The van der Waals surface area contributed by atoms with Gasteiger partial charge in [0.25, 0.3) is 0 Å². The molecule has 1 amide bonds. The third-order valence-electron chi connectivity index (χ3n) is 0.728. The molecule has 0 N–H and O–H groups in total. The second kappa shape index (κ2) is 3.51. The molecular weight excluding hydrogens is 200 g/mol. The molecule has 0 rings (SSSR count). The fourth-order valence-corrected chi connectivity index (χ4v) is 0.871. The number of carbonyl (C=O) groups excluding carboxylic acids is 1. The first kappa shape index (κ1) is 10.1. The van der Waals surface area contributed by atoms with Crippen LogP contribution in [0.25, 0.3) is 0 Å². The Kier molecular flexibility index (Phi) is 3.56. The molecular formula is C4H5Cl3NO2. The quantitative estimate of drug-likeness (QED) is 0.602. The Labute approximate surface area is 73.5 Å². The van der Waals surface area contributed by atoms with Gasteiger partial charge < -0.3 is 4.90 Å². The second-order valence-corrected chi connectivity index (χ2v) is 4.25. The Morgan fingerprint density at radius 2 is 1.90 bits per heavy atom. The molecule has 0 atom stereocenters. The van der Waals surface area contributed by atoms with Crippen LogP contribution < -0.4 is 0 Å². The molecule has 0 aromatic heterocycles. The Bertz CT molecular complexity index is 133. The summed E-state index contributed by atoms with van der Waals surface area (Å²) in [6.07, 6.45) is -1.37. The lowest BCUT2D eigenvalue weighted by Crippen LogP contribution is -2.32. The molecule has 0 aliphatic carbocycles. The molecule has 0 aromatic carbocycles. The number of nitrogens with zero attached hydrogens (tertiary/aromatic N) is 1. The van der Waals surface area contributed by atoms with Crippen LogP contribution in [0.2, 0.25) is 0 Å². The Balaban J connectivity index is 3.80. The molecule has 0 saturated heterocycles. The SMILES string of the molecule is CN(CC(Cl)(Cl)Cl)C([O])=O. The van der Waals surface area contributed by atoms with Crippen LogP contribution in [-0.4, -0.2) is 28.4 Å².